The lowest BCUT2D eigenvalue weighted by molar-refractivity contribution is -0.136. The third-order valence-corrected chi connectivity index (χ3v) is 5.65. The maximum atomic E-state index is 13.3. The number of fused-ring (bicyclic) bond motifs is 1. The zero-order valence-electron chi connectivity index (χ0n) is 18.0. The number of anilines is 1. The summed E-state index contributed by atoms with van der Waals surface area (Å²) in [7, 11) is 1.78. The summed E-state index contributed by atoms with van der Waals surface area (Å²) in [5.41, 5.74) is 1.63. The van der Waals surface area contributed by atoms with Gasteiger partial charge in [-0.2, -0.15) is 18.3 Å². The zero-order chi connectivity index (χ0) is 23.9. The van der Waals surface area contributed by atoms with E-state index in [0.717, 1.165) is 22.9 Å². The molecule has 8 nitrogen and oxygen atoms in total. The maximum absolute atomic E-state index is 13.3. The molecule has 0 radical (unpaired) electrons. The largest absolute Gasteiger partial charge is 0.418 e. The van der Waals surface area contributed by atoms with Crippen LogP contribution in [0.3, 0.4) is 0 Å². The van der Waals surface area contributed by atoms with Gasteiger partial charge in [0.15, 0.2) is 5.69 Å². The quantitative estimate of drug-likeness (QED) is 0.469. The lowest BCUT2D eigenvalue weighted by Crippen LogP contribution is -2.39. The van der Waals surface area contributed by atoms with Crippen molar-refractivity contribution in [3.05, 3.63) is 71.4 Å². The van der Waals surface area contributed by atoms with Crippen LogP contribution in [0.1, 0.15) is 16.8 Å². The number of alkyl halides is 3. The summed E-state index contributed by atoms with van der Waals surface area (Å²) in [4.78, 5) is 14.3. The molecule has 0 bridgehead atoms. The van der Waals surface area contributed by atoms with E-state index >= 15 is 0 Å². The lowest BCUT2D eigenvalue weighted by Gasteiger charge is -2.28. The standard InChI is InChI=1S/C23H19F3N6O2/c1-31-18-11-12-32(22(33)27-17-10-6-5-9-16(17)23(24,25)26)13-15(18)19(30-31)21-29-28-20(34-21)14-7-3-2-4-8-14/h2-10H,11-13H2,1H3,(H,27,33). The van der Waals surface area contributed by atoms with Gasteiger partial charge in [0.05, 0.1) is 17.8 Å². The Morgan fingerprint density at radius 3 is 2.50 bits per heavy atom. The van der Waals surface area contributed by atoms with Crippen molar-refractivity contribution < 1.29 is 22.4 Å². The average molecular weight is 468 g/mol. The van der Waals surface area contributed by atoms with E-state index in [9.17, 15) is 18.0 Å². The highest BCUT2D eigenvalue weighted by molar-refractivity contribution is 5.90. The Hall–Kier alpha value is -4.15. The second kappa shape index (κ2) is 8.32. The molecule has 2 aromatic carbocycles. The second-order valence-corrected chi connectivity index (χ2v) is 7.82. The van der Waals surface area contributed by atoms with Crippen LogP contribution in [-0.2, 0) is 26.2 Å². The molecule has 4 aromatic rings. The Morgan fingerprint density at radius 1 is 1.03 bits per heavy atom. The molecule has 3 heterocycles. The van der Waals surface area contributed by atoms with Crippen LogP contribution < -0.4 is 5.32 Å². The fourth-order valence-electron chi connectivity index (χ4n) is 3.99. The normalized spacial score (nSPS) is 13.6. The van der Waals surface area contributed by atoms with E-state index in [0.29, 0.717) is 24.6 Å². The predicted molar refractivity (Wildman–Crippen MR) is 117 cm³/mol. The molecule has 1 aliphatic heterocycles. The number of hydrogen-bond acceptors (Lipinski definition) is 5. The van der Waals surface area contributed by atoms with Gasteiger partial charge in [-0.1, -0.05) is 30.3 Å². The smallest absolute Gasteiger partial charge is 0.415 e. The first-order valence-electron chi connectivity index (χ1n) is 10.5. The molecule has 0 unspecified atom stereocenters. The summed E-state index contributed by atoms with van der Waals surface area (Å²) < 4.78 is 47.5. The molecular formula is C23H19F3N6O2. The van der Waals surface area contributed by atoms with E-state index in [1.165, 1.54) is 23.1 Å². The Bertz CT molecular complexity index is 1350. The van der Waals surface area contributed by atoms with Gasteiger partial charge < -0.3 is 14.6 Å². The maximum Gasteiger partial charge on any atom is 0.418 e. The van der Waals surface area contributed by atoms with Gasteiger partial charge in [-0.15, -0.1) is 10.2 Å². The molecule has 11 heteroatoms. The van der Waals surface area contributed by atoms with Crippen molar-refractivity contribution in [2.24, 2.45) is 7.05 Å². The van der Waals surface area contributed by atoms with Gasteiger partial charge >= 0.3 is 12.2 Å². The number of aromatic nitrogens is 4. The zero-order valence-corrected chi connectivity index (χ0v) is 18.0. The van der Waals surface area contributed by atoms with Crippen LogP contribution in [-0.4, -0.2) is 37.5 Å². The summed E-state index contributed by atoms with van der Waals surface area (Å²) in [6, 6.07) is 13.5. The molecule has 0 aliphatic carbocycles. The highest BCUT2D eigenvalue weighted by atomic mass is 19.4. The molecule has 5 rings (SSSR count). The molecule has 0 spiro atoms. The molecule has 2 aromatic heterocycles. The fraction of sp³-hybridized carbons (Fsp3) is 0.217. The first-order valence-corrected chi connectivity index (χ1v) is 10.5. The average Bonchev–Trinajstić information content (AvgIpc) is 3.44. The molecule has 34 heavy (non-hydrogen) atoms. The Morgan fingerprint density at radius 2 is 1.74 bits per heavy atom. The van der Waals surface area contributed by atoms with Crippen LogP contribution in [0.25, 0.3) is 23.0 Å². The number of aryl methyl sites for hydroxylation is 1. The first-order chi connectivity index (χ1) is 16.3. The number of nitrogens with zero attached hydrogens (tertiary/aromatic N) is 5. The predicted octanol–water partition coefficient (Wildman–Crippen LogP) is 4.75. The van der Waals surface area contributed by atoms with Crippen molar-refractivity contribution in [3.63, 3.8) is 0 Å². The van der Waals surface area contributed by atoms with Crippen LogP contribution in [0.15, 0.2) is 59.0 Å². The number of urea groups is 1. The van der Waals surface area contributed by atoms with E-state index in [1.54, 1.807) is 11.7 Å². The van der Waals surface area contributed by atoms with E-state index in [2.05, 4.69) is 20.6 Å². The van der Waals surface area contributed by atoms with Gasteiger partial charge in [0.2, 0.25) is 5.89 Å². The molecular weight excluding hydrogens is 449 g/mol. The van der Waals surface area contributed by atoms with Crippen LogP contribution in [0.5, 0.6) is 0 Å². The minimum Gasteiger partial charge on any atom is -0.415 e. The van der Waals surface area contributed by atoms with Crippen LogP contribution in [0, 0.1) is 0 Å². The second-order valence-electron chi connectivity index (χ2n) is 7.82. The van der Waals surface area contributed by atoms with Crippen molar-refractivity contribution in [3.8, 4) is 23.0 Å². The Kier molecular flexibility index (Phi) is 5.31. The minimum absolute atomic E-state index is 0.140. The molecule has 0 atom stereocenters. The van der Waals surface area contributed by atoms with Crippen molar-refractivity contribution >= 4 is 11.7 Å². The lowest BCUT2D eigenvalue weighted by atomic mass is 10.1. The van der Waals surface area contributed by atoms with Gasteiger partial charge in [0, 0.05) is 36.8 Å². The van der Waals surface area contributed by atoms with Crippen molar-refractivity contribution in [2.45, 2.75) is 19.1 Å². The summed E-state index contributed by atoms with van der Waals surface area (Å²) in [5, 5.41) is 15.1. The molecule has 1 N–H and O–H groups in total. The highest BCUT2D eigenvalue weighted by Gasteiger charge is 2.35. The molecule has 0 saturated carbocycles. The number of rotatable bonds is 3. The summed E-state index contributed by atoms with van der Waals surface area (Å²) in [5.74, 6) is 0.546. The van der Waals surface area contributed by atoms with Gasteiger partial charge in [0.1, 0.15) is 0 Å². The summed E-state index contributed by atoms with van der Waals surface area (Å²) >= 11 is 0. The molecule has 0 saturated heterocycles. The number of nitrogens with one attached hydrogen (secondary N) is 1. The number of carbonyl (C=O) groups excluding carboxylic acids is 1. The van der Waals surface area contributed by atoms with Crippen molar-refractivity contribution in [1.29, 1.82) is 0 Å². The fourth-order valence-corrected chi connectivity index (χ4v) is 3.99. The Balaban J connectivity index is 1.40. The SMILES string of the molecule is Cn1nc(-c2nnc(-c3ccccc3)o2)c2c1CCN(C(=O)Nc1ccccc1C(F)(F)F)C2. The molecule has 174 valence electrons. The van der Waals surface area contributed by atoms with Crippen molar-refractivity contribution in [2.75, 3.05) is 11.9 Å². The minimum atomic E-state index is -4.58. The van der Waals surface area contributed by atoms with Crippen molar-refractivity contribution in [1.82, 2.24) is 24.9 Å². The molecule has 0 fully saturated rings. The first kappa shape index (κ1) is 21.7. The number of hydrogen-bond donors (Lipinski definition) is 1. The number of amides is 2. The third kappa shape index (κ3) is 4.00. The van der Waals surface area contributed by atoms with E-state index in [-0.39, 0.29) is 18.1 Å². The van der Waals surface area contributed by atoms with Crippen LogP contribution >= 0.6 is 0 Å². The number of halogens is 3. The van der Waals surface area contributed by atoms with E-state index in [1.807, 2.05) is 30.3 Å². The number of benzene rings is 2. The van der Waals surface area contributed by atoms with E-state index in [4.69, 9.17) is 4.42 Å². The van der Waals surface area contributed by atoms with Gasteiger partial charge in [-0.05, 0) is 24.3 Å². The highest BCUT2D eigenvalue weighted by Crippen LogP contribution is 2.35. The Labute approximate surface area is 192 Å². The summed E-state index contributed by atoms with van der Waals surface area (Å²) in [6.45, 7) is 0.465. The van der Waals surface area contributed by atoms with Crippen LogP contribution in [0.4, 0.5) is 23.7 Å². The van der Waals surface area contributed by atoms with Gasteiger partial charge in [0.25, 0.3) is 5.89 Å². The number of para-hydroxylation sites is 1. The molecule has 2 amide bonds. The monoisotopic (exact) mass is 468 g/mol. The van der Waals surface area contributed by atoms with Gasteiger partial charge in [-0.25, -0.2) is 4.79 Å². The third-order valence-electron chi connectivity index (χ3n) is 5.65. The molecule has 1 aliphatic rings. The summed E-state index contributed by atoms with van der Waals surface area (Å²) in [6.07, 6.45) is -4.10. The number of carbonyl (C=O) groups is 1. The van der Waals surface area contributed by atoms with Gasteiger partial charge in [-0.3, -0.25) is 4.68 Å². The van der Waals surface area contributed by atoms with Crippen LogP contribution in [0.2, 0.25) is 0 Å². The topological polar surface area (TPSA) is 89.1 Å². The van der Waals surface area contributed by atoms with E-state index < -0.39 is 17.8 Å².